The summed E-state index contributed by atoms with van der Waals surface area (Å²) in [5, 5.41) is 1.25. The zero-order chi connectivity index (χ0) is 18.1. The lowest BCUT2D eigenvalue weighted by Crippen LogP contribution is -2.38. The average molecular weight is 352 g/mol. The van der Waals surface area contributed by atoms with Gasteiger partial charge in [0.05, 0.1) is 5.52 Å². The smallest absolute Gasteiger partial charge is 0.129 e. The fourth-order valence-electron chi connectivity index (χ4n) is 4.66. The third-order valence-corrected chi connectivity index (χ3v) is 6.39. The van der Waals surface area contributed by atoms with Crippen LogP contribution in [0.3, 0.4) is 0 Å². The maximum absolute atomic E-state index is 6.74. The van der Waals surface area contributed by atoms with Crippen molar-refractivity contribution in [1.82, 2.24) is 4.57 Å². The van der Waals surface area contributed by atoms with Crippen LogP contribution in [0.2, 0.25) is 0 Å². The Hall–Kier alpha value is -1.70. The fourth-order valence-corrected chi connectivity index (χ4v) is 4.66. The molecule has 1 aromatic heterocycles. The number of benzene rings is 1. The molecule has 0 saturated heterocycles. The largest absolute Gasteiger partial charge is 0.483 e. The molecular weight excluding hydrogens is 318 g/mol. The van der Waals surface area contributed by atoms with Gasteiger partial charge in [-0.05, 0) is 82.1 Å². The molecule has 2 heteroatoms. The van der Waals surface area contributed by atoms with Gasteiger partial charge >= 0.3 is 0 Å². The third kappa shape index (κ3) is 3.19. The number of fused-ring (bicyclic) bond motifs is 1. The summed E-state index contributed by atoms with van der Waals surface area (Å²) in [6, 6.07) is 8.76. The average Bonchev–Trinajstić information content (AvgIpc) is 2.93. The van der Waals surface area contributed by atoms with E-state index in [1.165, 1.54) is 62.3 Å². The van der Waals surface area contributed by atoms with Gasteiger partial charge in [0.1, 0.15) is 11.4 Å². The van der Waals surface area contributed by atoms with Crippen molar-refractivity contribution in [2.75, 3.05) is 0 Å². The minimum Gasteiger partial charge on any atom is -0.483 e. The molecule has 2 aromatic rings. The fraction of sp³-hybridized carbons (Fsp3) is 0.583. The Morgan fingerprint density at radius 3 is 2.58 bits per heavy atom. The molecule has 2 aliphatic rings. The van der Waals surface area contributed by atoms with Crippen LogP contribution in [0.25, 0.3) is 10.9 Å². The van der Waals surface area contributed by atoms with E-state index < -0.39 is 0 Å². The Balaban J connectivity index is 1.64. The number of unbranched alkanes of at least 4 members (excludes halogenated alkanes) is 1. The molecule has 0 unspecified atom stereocenters. The number of allylic oxidation sites excluding steroid dienone is 1. The Kier molecular flexibility index (Phi) is 4.86. The van der Waals surface area contributed by atoms with Crippen molar-refractivity contribution in [1.29, 1.82) is 0 Å². The van der Waals surface area contributed by atoms with Gasteiger partial charge in [-0.2, -0.15) is 0 Å². The van der Waals surface area contributed by atoms with Crippen LogP contribution in [0.1, 0.15) is 72.1 Å². The SMILES string of the molecule is CCCCn1ccc2c(OC(C)(C)C(=C3CCC3)C3CCC3)cccc21. The highest BCUT2D eigenvalue weighted by Crippen LogP contribution is 2.46. The summed E-state index contributed by atoms with van der Waals surface area (Å²) in [7, 11) is 0. The van der Waals surface area contributed by atoms with Crippen LogP contribution in [-0.2, 0) is 6.54 Å². The molecule has 0 aliphatic heterocycles. The minimum absolute atomic E-state index is 0.208. The van der Waals surface area contributed by atoms with Crippen molar-refractivity contribution in [3.63, 3.8) is 0 Å². The normalized spacial score (nSPS) is 17.9. The van der Waals surface area contributed by atoms with Crippen LogP contribution in [-0.4, -0.2) is 10.2 Å². The highest BCUT2D eigenvalue weighted by Gasteiger charge is 2.38. The second-order valence-electron chi connectivity index (χ2n) is 8.66. The second kappa shape index (κ2) is 7.13. The minimum atomic E-state index is -0.208. The molecule has 26 heavy (non-hydrogen) atoms. The lowest BCUT2D eigenvalue weighted by molar-refractivity contribution is 0.121. The van der Waals surface area contributed by atoms with Gasteiger partial charge in [0.2, 0.25) is 0 Å². The molecule has 2 aliphatic carbocycles. The first kappa shape index (κ1) is 17.7. The van der Waals surface area contributed by atoms with Gasteiger partial charge in [0.25, 0.3) is 0 Å². The second-order valence-corrected chi connectivity index (χ2v) is 8.66. The molecule has 0 N–H and O–H groups in total. The number of rotatable bonds is 7. The van der Waals surface area contributed by atoms with Crippen LogP contribution in [0.5, 0.6) is 5.75 Å². The van der Waals surface area contributed by atoms with Crippen LogP contribution < -0.4 is 4.74 Å². The van der Waals surface area contributed by atoms with Gasteiger partial charge in [0.15, 0.2) is 0 Å². The molecule has 4 rings (SSSR count). The maximum Gasteiger partial charge on any atom is 0.129 e. The number of hydrogen-bond donors (Lipinski definition) is 0. The molecule has 0 atom stereocenters. The van der Waals surface area contributed by atoms with Crippen molar-refractivity contribution in [2.45, 2.75) is 84.3 Å². The van der Waals surface area contributed by atoms with Gasteiger partial charge in [-0.1, -0.05) is 31.4 Å². The van der Waals surface area contributed by atoms with E-state index in [9.17, 15) is 0 Å². The van der Waals surface area contributed by atoms with E-state index in [1.54, 1.807) is 11.1 Å². The summed E-state index contributed by atoms with van der Waals surface area (Å²) in [5.41, 5.74) is 4.40. The predicted molar refractivity (Wildman–Crippen MR) is 110 cm³/mol. The Labute approximate surface area is 158 Å². The predicted octanol–water partition coefficient (Wildman–Crippen LogP) is 6.88. The van der Waals surface area contributed by atoms with E-state index in [1.807, 2.05) is 0 Å². The van der Waals surface area contributed by atoms with Gasteiger partial charge in [0, 0.05) is 18.1 Å². The summed E-state index contributed by atoms with van der Waals surface area (Å²) < 4.78 is 9.11. The van der Waals surface area contributed by atoms with Crippen molar-refractivity contribution in [3.05, 3.63) is 41.6 Å². The zero-order valence-corrected chi connectivity index (χ0v) is 16.7. The number of hydrogen-bond acceptors (Lipinski definition) is 1. The van der Waals surface area contributed by atoms with Gasteiger partial charge < -0.3 is 9.30 Å². The summed E-state index contributed by atoms with van der Waals surface area (Å²) in [6.45, 7) is 7.92. The third-order valence-electron chi connectivity index (χ3n) is 6.39. The van der Waals surface area contributed by atoms with Gasteiger partial charge in [-0.25, -0.2) is 0 Å². The number of nitrogens with zero attached hydrogens (tertiary/aromatic N) is 1. The number of ether oxygens (including phenoxy) is 1. The first-order chi connectivity index (χ1) is 12.6. The highest BCUT2D eigenvalue weighted by molar-refractivity contribution is 5.86. The molecule has 1 heterocycles. The van der Waals surface area contributed by atoms with Crippen molar-refractivity contribution in [2.24, 2.45) is 5.92 Å². The molecule has 140 valence electrons. The molecule has 0 radical (unpaired) electrons. The monoisotopic (exact) mass is 351 g/mol. The van der Waals surface area contributed by atoms with Crippen molar-refractivity contribution in [3.8, 4) is 5.75 Å². The first-order valence-corrected chi connectivity index (χ1v) is 10.6. The zero-order valence-electron chi connectivity index (χ0n) is 16.7. The van der Waals surface area contributed by atoms with E-state index in [0.717, 1.165) is 18.2 Å². The standard InChI is InChI=1S/C24H33NO/c1-4-5-16-25-17-15-20-21(25)13-8-14-22(20)26-24(2,3)23(18-9-6-10-18)19-11-7-12-19/h8,13-15,17-18H,4-7,9-12,16H2,1-3H3. The van der Waals surface area contributed by atoms with E-state index in [2.05, 4.69) is 55.8 Å². The van der Waals surface area contributed by atoms with Gasteiger partial charge in [-0.15, -0.1) is 0 Å². The summed E-state index contributed by atoms with van der Waals surface area (Å²) in [4.78, 5) is 0. The maximum atomic E-state index is 6.74. The molecule has 2 nitrogen and oxygen atoms in total. The molecule has 0 bridgehead atoms. The van der Waals surface area contributed by atoms with Gasteiger partial charge in [-0.3, -0.25) is 0 Å². The quantitative estimate of drug-likeness (QED) is 0.496. The Morgan fingerprint density at radius 2 is 1.96 bits per heavy atom. The lowest BCUT2D eigenvalue weighted by Gasteiger charge is -2.42. The highest BCUT2D eigenvalue weighted by atomic mass is 16.5. The van der Waals surface area contributed by atoms with Crippen molar-refractivity contribution >= 4 is 10.9 Å². The summed E-state index contributed by atoms with van der Waals surface area (Å²) in [5.74, 6) is 1.80. The van der Waals surface area contributed by atoms with E-state index in [-0.39, 0.29) is 5.60 Å². The van der Waals surface area contributed by atoms with Crippen LogP contribution in [0.4, 0.5) is 0 Å². The topological polar surface area (TPSA) is 14.2 Å². The van der Waals surface area contributed by atoms with E-state index >= 15 is 0 Å². The van der Waals surface area contributed by atoms with Crippen LogP contribution >= 0.6 is 0 Å². The van der Waals surface area contributed by atoms with E-state index in [0.29, 0.717) is 0 Å². The summed E-state index contributed by atoms with van der Waals surface area (Å²) in [6.07, 6.45) is 12.7. The molecule has 2 fully saturated rings. The lowest BCUT2D eigenvalue weighted by atomic mass is 9.68. The summed E-state index contributed by atoms with van der Waals surface area (Å²) >= 11 is 0. The molecule has 0 spiro atoms. The molecular formula is C24H33NO. The first-order valence-electron chi connectivity index (χ1n) is 10.6. The Bertz CT molecular complexity index is 801. The number of aromatic nitrogens is 1. The van der Waals surface area contributed by atoms with Crippen LogP contribution in [0, 0.1) is 5.92 Å². The number of aryl methyl sites for hydroxylation is 1. The molecule has 2 saturated carbocycles. The van der Waals surface area contributed by atoms with E-state index in [4.69, 9.17) is 4.74 Å². The van der Waals surface area contributed by atoms with Crippen molar-refractivity contribution < 1.29 is 4.74 Å². The Morgan fingerprint density at radius 1 is 1.15 bits per heavy atom. The molecule has 0 amide bonds. The van der Waals surface area contributed by atoms with Crippen LogP contribution in [0.15, 0.2) is 41.6 Å². The molecule has 1 aromatic carbocycles.